The van der Waals surface area contributed by atoms with Crippen LogP contribution < -0.4 is 5.32 Å². The van der Waals surface area contributed by atoms with E-state index in [0.29, 0.717) is 17.9 Å². The first kappa shape index (κ1) is 13.5. The van der Waals surface area contributed by atoms with Crippen molar-refractivity contribution in [2.45, 2.75) is 26.3 Å². The van der Waals surface area contributed by atoms with Crippen LogP contribution in [0.5, 0.6) is 0 Å². The molecule has 0 aliphatic heterocycles. The lowest BCUT2D eigenvalue weighted by molar-refractivity contribution is 0.0698. The van der Waals surface area contributed by atoms with E-state index in [-0.39, 0.29) is 6.04 Å². The highest BCUT2D eigenvalue weighted by molar-refractivity contribution is 5.94. The van der Waals surface area contributed by atoms with Crippen molar-refractivity contribution in [2.75, 3.05) is 19.0 Å². The smallest absolute Gasteiger partial charge is 0.337 e. The summed E-state index contributed by atoms with van der Waals surface area (Å²) in [6.07, 6.45) is 0.837. The van der Waals surface area contributed by atoms with E-state index in [1.807, 2.05) is 19.9 Å². The van der Waals surface area contributed by atoms with Crippen LogP contribution in [0.1, 0.15) is 29.3 Å². The first-order chi connectivity index (χ1) is 8.04. The number of carboxylic acid groups (broad SMARTS) is 1. The van der Waals surface area contributed by atoms with Crippen LogP contribution >= 0.6 is 0 Å². The highest BCUT2D eigenvalue weighted by atomic mass is 16.5. The average molecular weight is 237 g/mol. The molecule has 0 aliphatic rings. The Morgan fingerprint density at radius 1 is 1.53 bits per heavy atom. The highest BCUT2D eigenvalue weighted by Crippen LogP contribution is 2.19. The molecule has 1 aromatic carbocycles. The van der Waals surface area contributed by atoms with Crippen molar-refractivity contribution in [3.8, 4) is 0 Å². The van der Waals surface area contributed by atoms with E-state index >= 15 is 0 Å². The zero-order valence-corrected chi connectivity index (χ0v) is 10.5. The molecule has 0 fully saturated rings. The Hall–Kier alpha value is -1.55. The predicted molar refractivity (Wildman–Crippen MR) is 67.7 cm³/mol. The number of hydrogen-bond donors (Lipinski definition) is 2. The monoisotopic (exact) mass is 237 g/mol. The summed E-state index contributed by atoms with van der Waals surface area (Å²) in [5, 5.41) is 12.3. The number of carboxylic acids is 1. The SMILES string of the molecule is COCCC(C)Nc1cc(C)ccc1C(=O)O. The summed E-state index contributed by atoms with van der Waals surface area (Å²) in [4.78, 5) is 11.1. The number of benzene rings is 1. The molecule has 0 spiro atoms. The van der Waals surface area contributed by atoms with E-state index in [2.05, 4.69) is 5.32 Å². The van der Waals surface area contributed by atoms with Crippen LogP contribution in [-0.2, 0) is 4.74 Å². The number of aromatic carboxylic acids is 1. The standard InChI is InChI=1S/C13H19NO3/c1-9-4-5-11(13(15)16)12(8-9)14-10(2)6-7-17-3/h4-5,8,10,14H,6-7H2,1-3H3,(H,15,16). The Balaban J connectivity index is 2.81. The minimum atomic E-state index is -0.911. The van der Waals surface area contributed by atoms with Crippen molar-refractivity contribution in [1.82, 2.24) is 0 Å². The Kier molecular flexibility index (Phi) is 4.97. The summed E-state index contributed by atoms with van der Waals surface area (Å²) in [7, 11) is 1.65. The van der Waals surface area contributed by atoms with Gasteiger partial charge in [-0.15, -0.1) is 0 Å². The molecule has 0 radical (unpaired) electrons. The Labute approximate surface area is 102 Å². The first-order valence-electron chi connectivity index (χ1n) is 5.64. The van der Waals surface area contributed by atoms with Crippen LogP contribution in [0.4, 0.5) is 5.69 Å². The van der Waals surface area contributed by atoms with E-state index in [1.165, 1.54) is 0 Å². The molecule has 0 saturated heterocycles. The maximum Gasteiger partial charge on any atom is 0.337 e. The maximum absolute atomic E-state index is 11.1. The molecule has 0 aliphatic carbocycles. The third kappa shape index (κ3) is 4.07. The number of hydrogen-bond acceptors (Lipinski definition) is 3. The molecule has 4 heteroatoms. The third-order valence-corrected chi connectivity index (χ3v) is 2.56. The fraction of sp³-hybridized carbons (Fsp3) is 0.462. The zero-order valence-electron chi connectivity index (χ0n) is 10.5. The van der Waals surface area contributed by atoms with Crippen molar-refractivity contribution in [1.29, 1.82) is 0 Å². The minimum absolute atomic E-state index is 0.176. The summed E-state index contributed by atoms with van der Waals surface area (Å²) < 4.78 is 5.00. The molecule has 0 aromatic heterocycles. The molecule has 0 bridgehead atoms. The van der Waals surface area contributed by atoms with Gasteiger partial charge in [0.05, 0.1) is 5.56 Å². The quantitative estimate of drug-likeness (QED) is 0.798. The molecule has 1 aromatic rings. The number of aryl methyl sites for hydroxylation is 1. The van der Waals surface area contributed by atoms with Gasteiger partial charge in [-0.2, -0.15) is 0 Å². The van der Waals surface area contributed by atoms with Gasteiger partial charge < -0.3 is 15.2 Å². The number of nitrogens with one attached hydrogen (secondary N) is 1. The summed E-state index contributed by atoms with van der Waals surface area (Å²) in [5.74, 6) is -0.911. The van der Waals surface area contributed by atoms with Gasteiger partial charge in [-0.3, -0.25) is 0 Å². The van der Waals surface area contributed by atoms with Crippen molar-refractivity contribution >= 4 is 11.7 Å². The number of ether oxygens (including phenoxy) is 1. The van der Waals surface area contributed by atoms with Gasteiger partial charge in [-0.25, -0.2) is 4.79 Å². The zero-order chi connectivity index (χ0) is 12.8. The molecular formula is C13H19NO3. The van der Waals surface area contributed by atoms with Crippen molar-refractivity contribution in [2.24, 2.45) is 0 Å². The van der Waals surface area contributed by atoms with E-state index in [4.69, 9.17) is 9.84 Å². The van der Waals surface area contributed by atoms with Crippen molar-refractivity contribution in [3.63, 3.8) is 0 Å². The average Bonchev–Trinajstić information content (AvgIpc) is 2.26. The molecule has 1 unspecified atom stereocenters. The summed E-state index contributed by atoms with van der Waals surface area (Å²) in [6, 6.07) is 5.46. The fourth-order valence-corrected chi connectivity index (χ4v) is 1.60. The molecular weight excluding hydrogens is 218 g/mol. The first-order valence-corrected chi connectivity index (χ1v) is 5.64. The minimum Gasteiger partial charge on any atom is -0.478 e. The second-order valence-electron chi connectivity index (χ2n) is 4.18. The van der Waals surface area contributed by atoms with Gasteiger partial charge >= 0.3 is 5.97 Å². The molecule has 1 atom stereocenters. The largest absolute Gasteiger partial charge is 0.478 e. The lowest BCUT2D eigenvalue weighted by Gasteiger charge is -2.17. The third-order valence-electron chi connectivity index (χ3n) is 2.56. The van der Waals surface area contributed by atoms with Crippen molar-refractivity contribution in [3.05, 3.63) is 29.3 Å². The number of rotatable bonds is 6. The molecule has 0 saturated carbocycles. The van der Waals surface area contributed by atoms with Gasteiger partial charge in [0.2, 0.25) is 0 Å². The molecule has 4 nitrogen and oxygen atoms in total. The second-order valence-corrected chi connectivity index (χ2v) is 4.18. The van der Waals surface area contributed by atoms with Gasteiger partial charge in [-0.05, 0) is 38.0 Å². The summed E-state index contributed by atoms with van der Waals surface area (Å²) in [6.45, 7) is 4.60. The normalized spacial score (nSPS) is 12.2. The van der Waals surface area contributed by atoms with Gasteiger partial charge in [0.1, 0.15) is 0 Å². The van der Waals surface area contributed by atoms with Crippen LogP contribution in [0.3, 0.4) is 0 Å². The van der Waals surface area contributed by atoms with E-state index in [1.54, 1.807) is 19.2 Å². The number of methoxy groups -OCH3 is 1. The van der Waals surface area contributed by atoms with Gasteiger partial charge in [0.15, 0.2) is 0 Å². The Morgan fingerprint density at radius 2 is 2.24 bits per heavy atom. The molecule has 0 amide bonds. The van der Waals surface area contributed by atoms with Gasteiger partial charge in [0, 0.05) is 25.4 Å². The molecule has 0 heterocycles. The van der Waals surface area contributed by atoms with Crippen LogP contribution in [-0.4, -0.2) is 30.8 Å². The summed E-state index contributed by atoms with van der Waals surface area (Å²) >= 11 is 0. The van der Waals surface area contributed by atoms with Gasteiger partial charge in [-0.1, -0.05) is 6.07 Å². The van der Waals surface area contributed by atoms with Gasteiger partial charge in [0.25, 0.3) is 0 Å². The Morgan fingerprint density at radius 3 is 2.82 bits per heavy atom. The van der Waals surface area contributed by atoms with Crippen LogP contribution in [0.15, 0.2) is 18.2 Å². The lowest BCUT2D eigenvalue weighted by atomic mass is 10.1. The number of carbonyl (C=O) groups is 1. The topological polar surface area (TPSA) is 58.6 Å². The lowest BCUT2D eigenvalue weighted by Crippen LogP contribution is -2.19. The van der Waals surface area contributed by atoms with Crippen molar-refractivity contribution < 1.29 is 14.6 Å². The van der Waals surface area contributed by atoms with E-state index < -0.39 is 5.97 Å². The molecule has 94 valence electrons. The highest BCUT2D eigenvalue weighted by Gasteiger charge is 2.11. The molecule has 2 N–H and O–H groups in total. The van der Waals surface area contributed by atoms with E-state index in [0.717, 1.165) is 12.0 Å². The molecule has 17 heavy (non-hydrogen) atoms. The van der Waals surface area contributed by atoms with E-state index in [9.17, 15) is 4.79 Å². The Bertz CT molecular complexity index is 390. The predicted octanol–water partition coefficient (Wildman–Crippen LogP) is 2.53. The number of anilines is 1. The molecule has 1 rings (SSSR count). The van der Waals surface area contributed by atoms with Crippen LogP contribution in [0.25, 0.3) is 0 Å². The summed E-state index contributed by atoms with van der Waals surface area (Å²) in [5.41, 5.74) is 2.01. The maximum atomic E-state index is 11.1. The van der Waals surface area contributed by atoms with Crippen LogP contribution in [0.2, 0.25) is 0 Å². The van der Waals surface area contributed by atoms with Crippen LogP contribution in [0, 0.1) is 6.92 Å². The fourth-order valence-electron chi connectivity index (χ4n) is 1.60. The second kappa shape index (κ2) is 6.25.